The Morgan fingerprint density at radius 1 is 0.900 bits per heavy atom. The Hall–Kier alpha value is -0.900. The molecular formula is C16H26N2O2. The van der Waals surface area contributed by atoms with E-state index < -0.39 is 0 Å². The molecule has 0 spiro atoms. The second kappa shape index (κ2) is 6.25. The van der Waals surface area contributed by atoms with Crippen LogP contribution in [0.3, 0.4) is 0 Å². The predicted octanol–water partition coefficient (Wildman–Crippen LogP) is 2.08. The van der Waals surface area contributed by atoms with Gasteiger partial charge in [-0.25, -0.2) is 0 Å². The van der Waals surface area contributed by atoms with Gasteiger partial charge in [-0.15, -0.1) is 0 Å². The third-order valence-corrected chi connectivity index (χ3v) is 5.29. The minimum atomic E-state index is 0.0893. The fraction of sp³-hybridized carbons (Fsp3) is 0.875. The lowest BCUT2D eigenvalue weighted by atomic mass is 9.97. The number of likely N-dealkylation sites (tertiary alicyclic amines) is 1. The molecule has 1 saturated heterocycles. The van der Waals surface area contributed by atoms with Gasteiger partial charge in [0, 0.05) is 31.0 Å². The van der Waals surface area contributed by atoms with Crippen molar-refractivity contribution in [3.8, 4) is 0 Å². The summed E-state index contributed by atoms with van der Waals surface area (Å²) in [4.78, 5) is 26.0. The molecule has 1 aliphatic heterocycles. The summed E-state index contributed by atoms with van der Waals surface area (Å²) in [7, 11) is 0. The summed E-state index contributed by atoms with van der Waals surface area (Å²) in [6.45, 7) is 1.34. The van der Waals surface area contributed by atoms with Gasteiger partial charge in [0.05, 0.1) is 0 Å². The Balaban J connectivity index is 1.47. The summed E-state index contributed by atoms with van der Waals surface area (Å²) in [5.41, 5.74) is 0. The van der Waals surface area contributed by atoms with E-state index in [4.69, 9.17) is 0 Å². The molecule has 1 N–H and O–H groups in total. The van der Waals surface area contributed by atoms with Crippen LogP contribution in [0.5, 0.6) is 0 Å². The van der Waals surface area contributed by atoms with Crippen LogP contribution in [0.25, 0.3) is 0 Å². The average Bonchev–Trinajstić information content (AvgIpc) is 2.75. The maximum Gasteiger partial charge on any atom is 0.232 e. The van der Waals surface area contributed by atoms with Gasteiger partial charge in [-0.1, -0.05) is 25.7 Å². The molecule has 3 rings (SSSR count). The summed E-state index contributed by atoms with van der Waals surface area (Å²) < 4.78 is 0. The van der Waals surface area contributed by atoms with Gasteiger partial charge in [-0.3, -0.25) is 14.5 Å². The maximum atomic E-state index is 12.2. The standard InChI is InChI=1S/C16H26N2O2/c19-15-12-7-8-13(11-12)16(20)18(15)10-9-17-14-5-3-1-2-4-6-14/h12-14,17H,1-11H2. The lowest BCUT2D eigenvalue weighted by Gasteiger charge is -2.30. The molecule has 20 heavy (non-hydrogen) atoms. The number of rotatable bonds is 4. The third-order valence-electron chi connectivity index (χ3n) is 5.29. The molecule has 2 atom stereocenters. The van der Waals surface area contributed by atoms with Crippen LogP contribution in [0.15, 0.2) is 0 Å². The summed E-state index contributed by atoms with van der Waals surface area (Å²) in [6, 6.07) is 0.587. The smallest absolute Gasteiger partial charge is 0.232 e. The molecule has 0 aromatic heterocycles. The number of piperidine rings is 1. The van der Waals surface area contributed by atoms with Crippen molar-refractivity contribution in [3.05, 3.63) is 0 Å². The number of nitrogens with zero attached hydrogens (tertiary/aromatic N) is 1. The van der Waals surface area contributed by atoms with Crippen molar-refractivity contribution in [2.24, 2.45) is 11.8 Å². The number of carbonyl (C=O) groups excluding carboxylic acids is 2. The Bertz CT molecular complexity index is 353. The molecule has 2 unspecified atom stereocenters. The van der Waals surface area contributed by atoms with Crippen LogP contribution >= 0.6 is 0 Å². The number of hydrogen-bond donors (Lipinski definition) is 1. The molecule has 2 bridgehead atoms. The number of fused-ring (bicyclic) bond motifs is 2. The van der Waals surface area contributed by atoms with Crippen LogP contribution in [0.4, 0.5) is 0 Å². The van der Waals surface area contributed by atoms with Crippen molar-refractivity contribution < 1.29 is 9.59 Å². The van der Waals surface area contributed by atoms with Crippen molar-refractivity contribution >= 4 is 11.8 Å². The highest BCUT2D eigenvalue weighted by atomic mass is 16.2. The predicted molar refractivity (Wildman–Crippen MR) is 77.0 cm³/mol. The quantitative estimate of drug-likeness (QED) is 0.633. The molecule has 0 aromatic rings. The van der Waals surface area contributed by atoms with Crippen LogP contribution in [0.2, 0.25) is 0 Å². The summed E-state index contributed by atoms with van der Waals surface area (Å²) in [5.74, 6) is 0.448. The van der Waals surface area contributed by atoms with E-state index >= 15 is 0 Å². The SMILES string of the molecule is O=C1C2CCC(C2)C(=O)N1CCNC1CCCCCC1. The van der Waals surface area contributed by atoms with E-state index in [0.29, 0.717) is 12.6 Å². The van der Waals surface area contributed by atoms with Gasteiger partial charge in [0.2, 0.25) is 11.8 Å². The third kappa shape index (κ3) is 2.90. The molecule has 2 aliphatic carbocycles. The van der Waals surface area contributed by atoms with Crippen LogP contribution in [-0.2, 0) is 9.59 Å². The van der Waals surface area contributed by atoms with Crippen LogP contribution in [0.1, 0.15) is 57.8 Å². The zero-order valence-corrected chi connectivity index (χ0v) is 12.3. The molecular weight excluding hydrogens is 252 g/mol. The first-order valence-electron chi connectivity index (χ1n) is 8.34. The fourth-order valence-electron chi connectivity index (χ4n) is 4.06. The molecule has 3 aliphatic rings. The van der Waals surface area contributed by atoms with E-state index in [-0.39, 0.29) is 23.7 Å². The van der Waals surface area contributed by atoms with E-state index in [9.17, 15) is 9.59 Å². The number of carbonyl (C=O) groups is 2. The topological polar surface area (TPSA) is 49.4 Å². The van der Waals surface area contributed by atoms with Gasteiger partial charge in [0.1, 0.15) is 0 Å². The summed E-state index contributed by atoms with van der Waals surface area (Å²) in [6.07, 6.45) is 10.5. The fourth-order valence-corrected chi connectivity index (χ4v) is 4.06. The highest BCUT2D eigenvalue weighted by Gasteiger charge is 2.44. The Morgan fingerprint density at radius 3 is 2.10 bits per heavy atom. The molecule has 3 fully saturated rings. The number of imide groups is 1. The van der Waals surface area contributed by atoms with E-state index in [1.165, 1.54) is 43.4 Å². The molecule has 0 aromatic carbocycles. The average molecular weight is 278 g/mol. The molecule has 4 heteroatoms. The normalized spacial score (nSPS) is 31.7. The number of hydrogen-bond acceptors (Lipinski definition) is 3. The monoisotopic (exact) mass is 278 g/mol. The summed E-state index contributed by atoms with van der Waals surface area (Å²) >= 11 is 0. The van der Waals surface area contributed by atoms with Crippen molar-refractivity contribution in [1.29, 1.82) is 0 Å². The molecule has 4 nitrogen and oxygen atoms in total. The first kappa shape index (κ1) is 14.1. The minimum Gasteiger partial charge on any atom is -0.312 e. The molecule has 1 heterocycles. The van der Waals surface area contributed by atoms with Crippen LogP contribution in [0, 0.1) is 11.8 Å². The number of amides is 2. The van der Waals surface area contributed by atoms with E-state index in [2.05, 4.69) is 5.32 Å². The van der Waals surface area contributed by atoms with E-state index in [1.807, 2.05) is 0 Å². The largest absolute Gasteiger partial charge is 0.312 e. The van der Waals surface area contributed by atoms with E-state index in [0.717, 1.165) is 25.8 Å². The van der Waals surface area contributed by atoms with Gasteiger partial charge < -0.3 is 5.32 Å². The zero-order valence-electron chi connectivity index (χ0n) is 12.3. The van der Waals surface area contributed by atoms with E-state index in [1.54, 1.807) is 0 Å². The highest BCUT2D eigenvalue weighted by Crippen LogP contribution is 2.37. The van der Waals surface area contributed by atoms with Gasteiger partial charge in [0.25, 0.3) is 0 Å². The molecule has 0 radical (unpaired) electrons. The van der Waals surface area contributed by atoms with Gasteiger partial charge >= 0.3 is 0 Å². The second-order valence-corrected chi connectivity index (χ2v) is 6.68. The molecule has 112 valence electrons. The highest BCUT2D eigenvalue weighted by molar-refractivity contribution is 6.00. The van der Waals surface area contributed by atoms with Crippen LogP contribution < -0.4 is 5.32 Å². The van der Waals surface area contributed by atoms with Gasteiger partial charge in [-0.2, -0.15) is 0 Å². The van der Waals surface area contributed by atoms with Gasteiger partial charge in [0.15, 0.2) is 0 Å². The second-order valence-electron chi connectivity index (χ2n) is 6.68. The Kier molecular flexibility index (Phi) is 4.39. The lowest BCUT2D eigenvalue weighted by molar-refractivity contribution is -0.152. The maximum absolute atomic E-state index is 12.2. The lowest BCUT2D eigenvalue weighted by Crippen LogP contribution is -2.49. The Morgan fingerprint density at radius 2 is 1.50 bits per heavy atom. The first-order valence-corrected chi connectivity index (χ1v) is 8.34. The Labute approximate surface area is 121 Å². The van der Waals surface area contributed by atoms with Gasteiger partial charge in [-0.05, 0) is 32.1 Å². The minimum absolute atomic E-state index is 0.0893. The van der Waals surface area contributed by atoms with Crippen LogP contribution in [-0.4, -0.2) is 35.8 Å². The number of nitrogens with one attached hydrogen (secondary N) is 1. The van der Waals surface area contributed by atoms with Crippen molar-refractivity contribution in [3.63, 3.8) is 0 Å². The first-order chi connectivity index (χ1) is 9.75. The zero-order chi connectivity index (χ0) is 13.9. The molecule has 2 saturated carbocycles. The van der Waals surface area contributed by atoms with Crippen molar-refractivity contribution in [1.82, 2.24) is 10.2 Å². The summed E-state index contributed by atoms with van der Waals surface area (Å²) in [5, 5.41) is 3.55. The van der Waals surface area contributed by atoms with Crippen molar-refractivity contribution in [2.45, 2.75) is 63.8 Å². The van der Waals surface area contributed by atoms with Crippen molar-refractivity contribution in [2.75, 3.05) is 13.1 Å². The molecule has 2 amide bonds.